The van der Waals surface area contributed by atoms with Gasteiger partial charge in [0.15, 0.2) is 0 Å². The predicted molar refractivity (Wildman–Crippen MR) is 93.7 cm³/mol. The molecule has 0 saturated heterocycles. The van der Waals surface area contributed by atoms with Crippen LogP contribution in [0.2, 0.25) is 0 Å². The van der Waals surface area contributed by atoms with Crippen LogP contribution >= 0.6 is 0 Å². The van der Waals surface area contributed by atoms with E-state index in [4.69, 9.17) is 5.73 Å². The topological polar surface area (TPSA) is 26.0 Å². The van der Waals surface area contributed by atoms with Gasteiger partial charge in [-0.2, -0.15) is 0 Å². The van der Waals surface area contributed by atoms with Gasteiger partial charge >= 0.3 is 0 Å². The molecular formula is C21H21N. The maximum absolute atomic E-state index is 6.46. The Kier molecular flexibility index (Phi) is 4.36. The first kappa shape index (κ1) is 14.6. The number of hydrogen-bond acceptors (Lipinski definition) is 1. The molecule has 3 aromatic rings. The summed E-state index contributed by atoms with van der Waals surface area (Å²) in [6.45, 7) is 2.20. The van der Waals surface area contributed by atoms with Crippen LogP contribution in [0.5, 0.6) is 0 Å². The van der Waals surface area contributed by atoms with Crippen molar-refractivity contribution < 1.29 is 0 Å². The Hall–Kier alpha value is -2.38. The highest BCUT2D eigenvalue weighted by atomic mass is 14.6. The van der Waals surface area contributed by atoms with Gasteiger partial charge in [-0.1, -0.05) is 91.9 Å². The van der Waals surface area contributed by atoms with Crippen molar-refractivity contribution in [2.75, 3.05) is 0 Å². The SMILES string of the molecule is CC(c1cccc(-c2ccccc2)c1)C(N)c1ccccc1. The van der Waals surface area contributed by atoms with Gasteiger partial charge in [0.05, 0.1) is 0 Å². The fourth-order valence-corrected chi connectivity index (χ4v) is 2.80. The van der Waals surface area contributed by atoms with Crippen LogP contribution in [0.15, 0.2) is 84.9 Å². The molecule has 2 unspecified atom stereocenters. The number of nitrogens with two attached hydrogens (primary N) is 1. The summed E-state index contributed by atoms with van der Waals surface area (Å²) in [4.78, 5) is 0. The van der Waals surface area contributed by atoms with E-state index in [1.54, 1.807) is 0 Å². The highest BCUT2D eigenvalue weighted by Crippen LogP contribution is 2.31. The van der Waals surface area contributed by atoms with Gasteiger partial charge in [0.2, 0.25) is 0 Å². The van der Waals surface area contributed by atoms with Crippen LogP contribution in [0.25, 0.3) is 11.1 Å². The predicted octanol–water partition coefficient (Wildman–Crippen LogP) is 5.16. The normalized spacial score (nSPS) is 13.5. The molecule has 110 valence electrons. The standard InChI is InChI=1S/C21H21N/c1-16(21(22)18-11-6-3-7-12-18)19-13-8-14-20(15-19)17-9-4-2-5-10-17/h2-16,21H,22H2,1H3. The molecule has 0 aliphatic carbocycles. The minimum absolute atomic E-state index is 0.00669. The second-order valence-electron chi connectivity index (χ2n) is 5.72. The molecule has 0 radical (unpaired) electrons. The molecule has 2 N–H and O–H groups in total. The van der Waals surface area contributed by atoms with E-state index in [0.29, 0.717) is 0 Å². The van der Waals surface area contributed by atoms with Crippen LogP contribution in [0.1, 0.15) is 30.0 Å². The molecule has 0 bridgehead atoms. The van der Waals surface area contributed by atoms with Crippen molar-refractivity contribution >= 4 is 0 Å². The van der Waals surface area contributed by atoms with E-state index >= 15 is 0 Å². The van der Waals surface area contributed by atoms with E-state index in [0.717, 1.165) is 0 Å². The van der Waals surface area contributed by atoms with Crippen LogP contribution in [-0.2, 0) is 0 Å². The molecule has 0 heterocycles. The first-order chi connectivity index (χ1) is 10.8. The van der Waals surface area contributed by atoms with Crippen molar-refractivity contribution in [2.45, 2.75) is 18.9 Å². The Morgan fingerprint density at radius 3 is 1.86 bits per heavy atom. The number of benzene rings is 3. The highest BCUT2D eigenvalue weighted by molar-refractivity contribution is 5.64. The lowest BCUT2D eigenvalue weighted by Crippen LogP contribution is -2.17. The van der Waals surface area contributed by atoms with Crippen molar-refractivity contribution in [3.63, 3.8) is 0 Å². The summed E-state index contributed by atoms with van der Waals surface area (Å²) in [5, 5.41) is 0. The van der Waals surface area contributed by atoms with Gasteiger partial charge in [-0.25, -0.2) is 0 Å². The molecule has 0 fully saturated rings. The van der Waals surface area contributed by atoms with Gasteiger partial charge in [0.25, 0.3) is 0 Å². The van der Waals surface area contributed by atoms with Gasteiger partial charge in [-0.15, -0.1) is 0 Å². The Morgan fingerprint density at radius 2 is 1.18 bits per heavy atom. The summed E-state index contributed by atoms with van der Waals surface area (Å²) in [7, 11) is 0. The first-order valence-corrected chi connectivity index (χ1v) is 7.71. The molecule has 22 heavy (non-hydrogen) atoms. The molecule has 1 heteroatoms. The maximum Gasteiger partial charge on any atom is 0.0361 e. The molecule has 0 amide bonds. The molecule has 1 nitrogen and oxygen atoms in total. The van der Waals surface area contributed by atoms with Crippen LogP contribution in [0.3, 0.4) is 0 Å². The summed E-state index contributed by atoms with van der Waals surface area (Å²) in [5.74, 6) is 0.270. The average molecular weight is 287 g/mol. The molecule has 3 rings (SSSR count). The smallest absolute Gasteiger partial charge is 0.0361 e. The van der Waals surface area contributed by atoms with Crippen molar-refractivity contribution in [3.8, 4) is 11.1 Å². The van der Waals surface area contributed by atoms with E-state index in [2.05, 4.69) is 67.6 Å². The van der Waals surface area contributed by atoms with Crippen LogP contribution in [0, 0.1) is 0 Å². The number of hydrogen-bond donors (Lipinski definition) is 1. The van der Waals surface area contributed by atoms with E-state index in [1.807, 2.05) is 24.3 Å². The van der Waals surface area contributed by atoms with E-state index in [9.17, 15) is 0 Å². The largest absolute Gasteiger partial charge is 0.323 e. The summed E-state index contributed by atoms with van der Waals surface area (Å²) in [5.41, 5.74) is 11.4. The Balaban J connectivity index is 1.89. The van der Waals surface area contributed by atoms with E-state index in [-0.39, 0.29) is 12.0 Å². The lowest BCUT2D eigenvalue weighted by atomic mass is 9.88. The third kappa shape index (κ3) is 3.10. The van der Waals surface area contributed by atoms with E-state index < -0.39 is 0 Å². The van der Waals surface area contributed by atoms with Crippen molar-refractivity contribution in [2.24, 2.45) is 5.73 Å². The zero-order valence-corrected chi connectivity index (χ0v) is 12.8. The van der Waals surface area contributed by atoms with Gasteiger partial charge in [-0.05, 0) is 22.3 Å². The maximum atomic E-state index is 6.46. The van der Waals surface area contributed by atoms with Gasteiger partial charge in [0.1, 0.15) is 0 Å². The monoisotopic (exact) mass is 287 g/mol. The number of rotatable bonds is 4. The third-order valence-corrected chi connectivity index (χ3v) is 4.24. The first-order valence-electron chi connectivity index (χ1n) is 7.71. The minimum atomic E-state index is 0.00669. The highest BCUT2D eigenvalue weighted by Gasteiger charge is 2.16. The molecule has 2 atom stereocenters. The molecule has 0 aliphatic rings. The van der Waals surface area contributed by atoms with Crippen LogP contribution in [0.4, 0.5) is 0 Å². The summed E-state index contributed by atoms with van der Waals surface area (Å²) in [6, 6.07) is 29.5. The molecule has 0 saturated carbocycles. The van der Waals surface area contributed by atoms with Crippen molar-refractivity contribution in [1.29, 1.82) is 0 Å². The molecule has 3 aromatic carbocycles. The minimum Gasteiger partial charge on any atom is -0.323 e. The second-order valence-corrected chi connectivity index (χ2v) is 5.72. The van der Waals surface area contributed by atoms with Crippen molar-refractivity contribution in [3.05, 3.63) is 96.1 Å². The zero-order chi connectivity index (χ0) is 15.4. The van der Waals surface area contributed by atoms with Crippen LogP contribution < -0.4 is 5.73 Å². The average Bonchev–Trinajstić information content (AvgIpc) is 2.62. The van der Waals surface area contributed by atoms with E-state index in [1.165, 1.54) is 22.3 Å². The Morgan fingerprint density at radius 1 is 0.636 bits per heavy atom. The quantitative estimate of drug-likeness (QED) is 0.705. The summed E-state index contributed by atoms with van der Waals surface area (Å²) >= 11 is 0. The van der Waals surface area contributed by atoms with Gasteiger partial charge < -0.3 is 5.73 Å². The molecular weight excluding hydrogens is 266 g/mol. The zero-order valence-electron chi connectivity index (χ0n) is 12.8. The fraction of sp³-hybridized carbons (Fsp3) is 0.143. The molecule has 0 aromatic heterocycles. The Labute approximate surface area is 132 Å². The summed E-state index contributed by atoms with van der Waals surface area (Å²) in [6.07, 6.45) is 0. The fourth-order valence-electron chi connectivity index (χ4n) is 2.80. The molecule has 0 aliphatic heterocycles. The lowest BCUT2D eigenvalue weighted by Gasteiger charge is -2.21. The van der Waals surface area contributed by atoms with Crippen molar-refractivity contribution in [1.82, 2.24) is 0 Å². The van der Waals surface area contributed by atoms with Gasteiger partial charge in [-0.3, -0.25) is 0 Å². The molecule has 0 spiro atoms. The van der Waals surface area contributed by atoms with Gasteiger partial charge in [0, 0.05) is 12.0 Å². The summed E-state index contributed by atoms with van der Waals surface area (Å²) < 4.78 is 0. The third-order valence-electron chi connectivity index (χ3n) is 4.24. The Bertz CT molecular complexity index is 719. The van der Waals surface area contributed by atoms with Crippen LogP contribution in [-0.4, -0.2) is 0 Å². The lowest BCUT2D eigenvalue weighted by molar-refractivity contribution is 0.598. The second kappa shape index (κ2) is 6.59.